The van der Waals surface area contributed by atoms with Crippen LogP contribution in [0.4, 0.5) is 5.95 Å². The van der Waals surface area contributed by atoms with E-state index in [1.165, 1.54) is 0 Å². The quantitative estimate of drug-likeness (QED) is 0.843. The summed E-state index contributed by atoms with van der Waals surface area (Å²) in [6.45, 7) is 0. The second-order valence-corrected chi connectivity index (χ2v) is 5.55. The lowest BCUT2D eigenvalue weighted by Gasteiger charge is -2.20. The van der Waals surface area contributed by atoms with Gasteiger partial charge in [-0.25, -0.2) is 9.97 Å². The number of hydrogen-bond donors (Lipinski definition) is 2. The van der Waals surface area contributed by atoms with Crippen LogP contribution in [0.1, 0.15) is 11.3 Å². The average molecular weight is 338 g/mol. The van der Waals surface area contributed by atoms with E-state index in [1.807, 2.05) is 0 Å². The number of halogens is 1. The molecule has 0 radical (unpaired) electrons. The van der Waals surface area contributed by atoms with Crippen LogP contribution in [-0.2, 0) is 0 Å². The first-order valence-corrected chi connectivity index (χ1v) is 7.63. The second kappa shape index (κ2) is 6.68. The van der Waals surface area contributed by atoms with E-state index in [2.05, 4.69) is 15.3 Å². The summed E-state index contributed by atoms with van der Waals surface area (Å²) in [7, 11) is 1.74. The zero-order chi connectivity index (χ0) is 17.1. The maximum absolute atomic E-state index is 12.7. The van der Waals surface area contributed by atoms with E-state index in [0.717, 1.165) is 5.57 Å². The van der Waals surface area contributed by atoms with Gasteiger partial charge >= 0.3 is 0 Å². The first kappa shape index (κ1) is 16.0. The normalized spacial score (nSPS) is 15.9. The van der Waals surface area contributed by atoms with Gasteiger partial charge in [-0.3, -0.25) is 0 Å². The molecule has 1 aliphatic rings. The maximum atomic E-state index is 12.7. The summed E-state index contributed by atoms with van der Waals surface area (Å²) < 4.78 is 0. The van der Waals surface area contributed by atoms with Gasteiger partial charge in [-0.2, -0.15) is 0 Å². The van der Waals surface area contributed by atoms with Crippen LogP contribution in [0.25, 0.3) is 11.3 Å². The van der Waals surface area contributed by atoms with Crippen LogP contribution < -0.4 is 10.4 Å². The molecule has 0 aliphatic heterocycles. The molecule has 0 saturated heterocycles. The van der Waals surface area contributed by atoms with Gasteiger partial charge < -0.3 is 15.8 Å². The van der Waals surface area contributed by atoms with E-state index in [9.17, 15) is 5.11 Å². The molecule has 3 rings (SSSR count). The molecule has 0 fully saturated rings. The minimum Gasteiger partial charge on any atom is -0.872 e. The monoisotopic (exact) mass is 337 g/mol. The summed E-state index contributed by atoms with van der Waals surface area (Å²) in [4.78, 5) is 8.44. The predicted molar refractivity (Wildman–Crippen MR) is 94.8 cm³/mol. The Labute approximate surface area is 144 Å². The number of allylic oxidation sites excluding steroid dienone is 5. The standard InChI is InChI=1S/C18H15ClN4O/c1-21-18-22-9-8-16(23-18)12-4-7-15(20)14(10-12)17(24)11-2-5-13(19)6-3-11/h2-10,20,24H,1H3,(H,21,22,23)/p-1/b17-14-,20-15?. The van der Waals surface area contributed by atoms with Crippen molar-refractivity contribution < 1.29 is 5.11 Å². The lowest BCUT2D eigenvalue weighted by atomic mass is 9.95. The van der Waals surface area contributed by atoms with Crippen molar-refractivity contribution in [2.75, 3.05) is 12.4 Å². The van der Waals surface area contributed by atoms with Gasteiger partial charge in [0.1, 0.15) is 0 Å². The van der Waals surface area contributed by atoms with E-state index >= 15 is 0 Å². The lowest BCUT2D eigenvalue weighted by molar-refractivity contribution is -0.244. The summed E-state index contributed by atoms with van der Waals surface area (Å²) in [5.41, 5.74) is 2.41. The molecule has 0 bridgehead atoms. The molecule has 5 nitrogen and oxygen atoms in total. The molecule has 0 unspecified atom stereocenters. The number of hydrogen-bond acceptors (Lipinski definition) is 5. The van der Waals surface area contributed by atoms with Crippen LogP contribution in [0.3, 0.4) is 0 Å². The molecule has 0 atom stereocenters. The van der Waals surface area contributed by atoms with Gasteiger partial charge in [-0.1, -0.05) is 35.6 Å². The van der Waals surface area contributed by atoms with Crippen molar-refractivity contribution in [3.05, 3.63) is 76.6 Å². The molecule has 24 heavy (non-hydrogen) atoms. The first-order valence-electron chi connectivity index (χ1n) is 7.25. The molecular formula is C18H14ClN4O-. The van der Waals surface area contributed by atoms with Gasteiger partial charge in [0.05, 0.1) is 11.4 Å². The minimum absolute atomic E-state index is 0.168. The van der Waals surface area contributed by atoms with Crippen molar-refractivity contribution in [1.29, 1.82) is 5.41 Å². The molecule has 0 amide bonds. The van der Waals surface area contributed by atoms with Gasteiger partial charge in [0, 0.05) is 23.8 Å². The van der Waals surface area contributed by atoms with E-state index in [1.54, 1.807) is 61.8 Å². The molecule has 2 aromatic rings. The van der Waals surface area contributed by atoms with Crippen molar-refractivity contribution in [2.45, 2.75) is 0 Å². The zero-order valence-corrected chi connectivity index (χ0v) is 13.6. The van der Waals surface area contributed by atoms with Crippen LogP contribution in [-0.4, -0.2) is 22.7 Å². The van der Waals surface area contributed by atoms with Crippen molar-refractivity contribution in [2.24, 2.45) is 0 Å². The molecule has 120 valence electrons. The number of nitrogens with zero attached hydrogens (tertiary/aromatic N) is 2. The average Bonchev–Trinajstić information content (AvgIpc) is 2.62. The third-order valence-corrected chi connectivity index (χ3v) is 3.80. The molecule has 1 aliphatic carbocycles. The Morgan fingerprint density at radius 1 is 1.17 bits per heavy atom. The zero-order valence-electron chi connectivity index (χ0n) is 12.9. The lowest BCUT2D eigenvalue weighted by Crippen LogP contribution is -2.12. The molecule has 0 saturated carbocycles. The first-order chi connectivity index (χ1) is 11.6. The van der Waals surface area contributed by atoms with Crippen LogP contribution >= 0.6 is 11.6 Å². The Morgan fingerprint density at radius 2 is 1.92 bits per heavy atom. The van der Waals surface area contributed by atoms with Crippen LogP contribution in [0.5, 0.6) is 0 Å². The molecule has 1 aromatic heterocycles. The Morgan fingerprint density at radius 3 is 2.62 bits per heavy atom. The third kappa shape index (κ3) is 3.21. The van der Waals surface area contributed by atoms with Gasteiger partial charge in [0.25, 0.3) is 0 Å². The minimum atomic E-state index is -0.221. The highest BCUT2D eigenvalue weighted by atomic mass is 35.5. The Hall–Kier alpha value is -2.92. The summed E-state index contributed by atoms with van der Waals surface area (Å²) in [5.74, 6) is 0.273. The van der Waals surface area contributed by atoms with Crippen LogP contribution in [0.15, 0.2) is 60.3 Å². The van der Waals surface area contributed by atoms with E-state index in [-0.39, 0.29) is 11.5 Å². The largest absolute Gasteiger partial charge is 0.872 e. The molecule has 1 aromatic carbocycles. The Balaban J connectivity index is 2.05. The van der Waals surface area contributed by atoms with Crippen LogP contribution in [0.2, 0.25) is 5.02 Å². The van der Waals surface area contributed by atoms with E-state index < -0.39 is 0 Å². The van der Waals surface area contributed by atoms with Gasteiger partial charge in [-0.15, -0.1) is 0 Å². The maximum Gasteiger partial charge on any atom is 0.222 e. The van der Waals surface area contributed by atoms with Gasteiger partial charge in [0.15, 0.2) is 0 Å². The summed E-state index contributed by atoms with van der Waals surface area (Å²) in [5, 5.41) is 24.2. The topological polar surface area (TPSA) is 84.7 Å². The molecule has 2 N–H and O–H groups in total. The number of benzene rings is 1. The smallest absolute Gasteiger partial charge is 0.222 e. The van der Waals surface area contributed by atoms with Crippen molar-refractivity contribution in [3.8, 4) is 0 Å². The van der Waals surface area contributed by atoms with Gasteiger partial charge in [0.2, 0.25) is 5.95 Å². The number of nitrogens with one attached hydrogen (secondary N) is 2. The molecule has 6 heteroatoms. The summed E-state index contributed by atoms with van der Waals surface area (Å²) in [6, 6.07) is 8.38. The second-order valence-electron chi connectivity index (χ2n) is 5.11. The van der Waals surface area contributed by atoms with Gasteiger partial charge in [-0.05, 0) is 41.5 Å². The van der Waals surface area contributed by atoms with E-state index in [0.29, 0.717) is 27.8 Å². The summed E-state index contributed by atoms with van der Waals surface area (Å²) >= 11 is 5.86. The Kier molecular flexibility index (Phi) is 4.44. The highest BCUT2D eigenvalue weighted by molar-refractivity contribution is 6.30. The number of aromatic nitrogens is 2. The fourth-order valence-electron chi connectivity index (χ4n) is 2.29. The highest BCUT2D eigenvalue weighted by Crippen LogP contribution is 2.26. The Bertz CT molecular complexity index is 882. The summed E-state index contributed by atoms with van der Waals surface area (Å²) in [6.07, 6.45) is 6.69. The number of rotatable bonds is 3. The molecular weight excluding hydrogens is 324 g/mol. The fourth-order valence-corrected chi connectivity index (χ4v) is 2.41. The van der Waals surface area contributed by atoms with Crippen molar-refractivity contribution in [1.82, 2.24) is 9.97 Å². The molecule has 1 heterocycles. The van der Waals surface area contributed by atoms with Crippen molar-refractivity contribution >= 4 is 34.6 Å². The third-order valence-electron chi connectivity index (χ3n) is 3.55. The highest BCUT2D eigenvalue weighted by Gasteiger charge is 2.12. The number of anilines is 1. The SMILES string of the molecule is CNc1nccc(C2=C/C(=C(/[O-])c3ccc(Cl)cc3)C(=N)C=C2)n1. The fraction of sp³-hybridized carbons (Fsp3) is 0.0556. The molecule has 0 spiro atoms. The van der Waals surface area contributed by atoms with Crippen molar-refractivity contribution in [3.63, 3.8) is 0 Å². The predicted octanol–water partition coefficient (Wildman–Crippen LogP) is 2.92. The van der Waals surface area contributed by atoms with E-state index in [4.69, 9.17) is 17.0 Å². The van der Waals surface area contributed by atoms with Crippen LogP contribution in [0, 0.1) is 5.41 Å².